The maximum absolute atomic E-state index is 5.68. The number of methoxy groups -OCH3 is 1. The third-order valence-electron chi connectivity index (χ3n) is 3.67. The number of ether oxygens (including phenoxy) is 1. The first-order valence-electron chi connectivity index (χ1n) is 6.13. The van der Waals surface area contributed by atoms with Crippen molar-refractivity contribution in [3.8, 4) is 5.75 Å². The monoisotopic (exact) mass is 236 g/mol. The average Bonchev–Trinajstić information content (AvgIpc) is 2.36. The fourth-order valence-electron chi connectivity index (χ4n) is 1.90. The zero-order chi connectivity index (χ0) is 12.9. The van der Waals surface area contributed by atoms with Gasteiger partial charge in [0, 0.05) is 6.04 Å². The number of nitrogens with one attached hydrogen (secondary N) is 1. The molecule has 1 rings (SSSR count). The molecule has 0 spiro atoms. The topological polar surface area (TPSA) is 47.3 Å². The van der Waals surface area contributed by atoms with Crippen LogP contribution in [-0.2, 0) is 6.42 Å². The van der Waals surface area contributed by atoms with Crippen LogP contribution in [0.4, 0.5) is 0 Å². The summed E-state index contributed by atoms with van der Waals surface area (Å²) in [6.07, 6.45) is 1.96. The Balaban J connectivity index is 2.88. The maximum Gasteiger partial charge on any atom is 0.122 e. The third-order valence-corrected chi connectivity index (χ3v) is 3.67. The summed E-state index contributed by atoms with van der Waals surface area (Å²) in [4.78, 5) is 0. The Bertz CT molecular complexity index is 350. The molecule has 96 valence electrons. The van der Waals surface area contributed by atoms with E-state index in [1.807, 2.05) is 18.2 Å². The molecule has 0 aliphatic carbocycles. The van der Waals surface area contributed by atoms with Crippen molar-refractivity contribution in [2.24, 2.45) is 11.3 Å². The van der Waals surface area contributed by atoms with Crippen LogP contribution in [0.5, 0.6) is 5.75 Å². The first-order valence-corrected chi connectivity index (χ1v) is 6.13. The number of benzene rings is 1. The molecule has 3 N–H and O–H groups in total. The maximum atomic E-state index is 5.68. The minimum absolute atomic E-state index is 0.162. The van der Waals surface area contributed by atoms with Gasteiger partial charge < -0.3 is 4.74 Å². The molecule has 0 aliphatic rings. The molecule has 0 heterocycles. The lowest BCUT2D eigenvalue weighted by molar-refractivity contribution is 0.230. The molecule has 0 aromatic heterocycles. The van der Waals surface area contributed by atoms with Gasteiger partial charge in [-0.3, -0.25) is 11.3 Å². The zero-order valence-electron chi connectivity index (χ0n) is 11.3. The fourth-order valence-corrected chi connectivity index (χ4v) is 1.90. The van der Waals surface area contributed by atoms with Gasteiger partial charge in [-0.25, -0.2) is 0 Å². The highest BCUT2D eigenvalue weighted by molar-refractivity contribution is 5.34. The van der Waals surface area contributed by atoms with Crippen molar-refractivity contribution in [2.75, 3.05) is 7.11 Å². The van der Waals surface area contributed by atoms with Gasteiger partial charge in [0.15, 0.2) is 0 Å². The lowest BCUT2D eigenvalue weighted by Gasteiger charge is -2.33. The molecule has 1 aromatic rings. The van der Waals surface area contributed by atoms with Crippen LogP contribution >= 0.6 is 0 Å². The van der Waals surface area contributed by atoms with Crippen molar-refractivity contribution in [1.82, 2.24) is 5.43 Å². The number of hydrogen-bond donors (Lipinski definition) is 2. The van der Waals surface area contributed by atoms with Crippen LogP contribution in [0.3, 0.4) is 0 Å². The Morgan fingerprint density at radius 2 is 2.00 bits per heavy atom. The number of para-hydroxylation sites is 1. The van der Waals surface area contributed by atoms with Crippen LogP contribution in [0.15, 0.2) is 24.3 Å². The minimum atomic E-state index is 0.162. The van der Waals surface area contributed by atoms with E-state index in [9.17, 15) is 0 Å². The highest BCUT2D eigenvalue weighted by atomic mass is 16.5. The average molecular weight is 236 g/mol. The molecule has 0 amide bonds. The second kappa shape index (κ2) is 6.03. The van der Waals surface area contributed by atoms with Gasteiger partial charge in [0.1, 0.15) is 5.75 Å². The van der Waals surface area contributed by atoms with Crippen LogP contribution in [0.25, 0.3) is 0 Å². The van der Waals surface area contributed by atoms with Gasteiger partial charge >= 0.3 is 0 Å². The molecule has 0 fully saturated rings. The molecule has 1 unspecified atom stereocenters. The Morgan fingerprint density at radius 1 is 1.35 bits per heavy atom. The van der Waals surface area contributed by atoms with E-state index in [1.165, 1.54) is 5.56 Å². The van der Waals surface area contributed by atoms with Crippen LogP contribution in [0.1, 0.15) is 32.8 Å². The highest BCUT2D eigenvalue weighted by Gasteiger charge is 2.27. The van der Waals surface area contributed by atoms with Crippen LogP contribution < -0.4 is 16.0 Å². The summed E-state index contributed by atoms with van der Waals surface area (Å²) in [5.74, 6) is 6.61. The van der Waals surface area contributed by atoms with Crippen molar-refractivity contribution < 1.29 is 4.74 Å². The van der Waals surface area contributed by atoms with E-state index in [1.54, 1.807) is 7.11 Å². The summed E-state index contributed by atoms with van der Waals surface area (Å²) in [5.41, 5.74) is 4.29. The van der Waals surface area contributed by atoms with Crippen molar-refractivity contribution in [3.05, 3.63) is 29.8 Å². The van der Waals surface area contributed by atoms with Gasteiger partial charge in [-0.2, -0.15) is 0 Å². The van der Waals surface area contributed by atoms with Crippen LogP contribution in [-0.4, -0.2) is 13.2 Å². The number of rotatable bonds is 6. The van der Waals surface area contributed by atoms with Crippen molar-refractivity contribution in [1.29, 1.82) is 0 Å². The van der Waals surface area contributed by atoms with E-state index in [-0.39, 0.29) is 11.5 Å². The van der Waals surface area contributed by atoms with Gasteiger partial charge in [0.2, 0.25) is 0 Å². The van der Waals surface area contributed by atoms with E-state index in [4.69, 9.17) is 10.6 Å². The lowest BCUT2D eigenvalue weighted by Crippen LogP contribution is -2.46. The smallest absolute Gasteiger partial charge is 0.122 e. The summed E-state index contributed by atoms with van der Waals surface area (Å²) in [6.45, 7) is 6.65. The molecule has 3 nitrogen and oxygen atoms in total. The van der Waals surface area contributed by atoms with Crippen LogP contribution in [0, 0.1) is 5.41 Å². The fraction of sp³-hybridized carbons (Fsp3) is 0.571. The molecule has 0 radical (unpaired) electrons. The Hall–Kier alpha value is -1.06. The normalized spacial score (nSPS) is 13.5. The predicted molar refractivity (Wildman–Crippen MR) is 71.9 cm³/mol. The van der Waals surface area contributed by atoms with Crippen LogP contribution in [0.2, 0.25) is 0 Å². The van der Waals surface area contributed by atoms with Gasteiger partial charge in [-0.05, 0) is 29.9 Å². The molecule has 0 saturated heterocycles. The van der Waals surface area contributed by atoms with Crippen molar-refractivity contribution in [2.45, 2.75) is 39.7 Å². The first kappa shape index (κ1) is 14.0. The van der Waals surface area contributed by atoms with Gasteiger partial charge in [-0.1, -0.05) is 39.0 Å². The summed E-state index contributed by atoms with van der Waals surface area (Å²) in [6, 6.07) is 8.34. The summed E-state index contributed by atoms with van der Waals surface area (Å²) in [7, 11) is 1.70. The third kappa shape index (κ3) is 3.45. The second-order valence-corrected chi connectivity index (χ2v) is 5.08. The highest BCUT2D eigenvalue weighted by Crippen LogP contribution is 2.29. The second-order valence-electron chi connectivity index (χ2n) is 5.08. The molecular weight excluding hydrogens is 212 g/mol. The number of hydrazine groups is 1. The molecule has 0 aliphatic heterocycles. The quantitative estimate of drug-likeness (QED) is 0.589. The lowest BCUT2D eigenvalue weighted by atomic mass is 9.79. The number of nitrogens with two attached hydrogens (primary N) is 1. The summed E-state index contributed by atoms with van der Waals surface area (Å²) < 4.78 is 5.37. The molecule has 1 aromatic carbocycles. The Morgan fingerprint density at radius 3 is 2.53 bits per heavy atom. The first-order chi connectivity index (χ1) is 8.05. The summed E-state index contributed by atoms with van der Waals surface area (Å²) >= 11 is 0. The largest absolute Gasteiger partial charge is 0.496 e. The van der Waals surface area contributed by atoms with E-state index in [0.717, 1.165) is 18.6 Å². The van der Waals surface area contributed by atoms with E-state index >= 15 is 0 Å². The van der Waals surface area contributed by atoms with Crippen molar-refractivity contribution >= 4 is 0 Å². The summed E-state index contributed by atoms with van der Waals surface area (Å²) in [5, 5.41) is 0. The van der Waals surface area contributed by atoms with Gasteiger partial charge in [0.05, 0.1) is 7.11 Å². The van der Waals surface area contributed by atoms with E-state index < -0.39 is 0 Å². The molecule has 0 bridgehead atoms. The Kier molecular flexibility index (Phi) is 4.97. The molecule has 0 saturated carbocycles. The molecule has 3 heteroatoms. The Labute approximate surface area is 104 Å². The van der Waals surface area contributed by atoms with E-state index in [2.05, 4.69) is 32.3 Å². The molecule has 17 heavy (non-hydrogen) atoms. The van der Waals surface area contributed by atoms with E-state index in [0.29, 0.717) is 0 Å². The molecule has 1 atom stereocenters. The number of hydrogen-bond acceptors (Lipinski definition) is 3. The zero-order valence-corrected chi connectivity index (χ0v) is 11.3. The predicted octanol–water partition coefficient (Wildman–Crippen LogP) is 2.51. The molecular formula is C14H24N2O. The minimum Gasteiger partial charge on any atom is -0.496 e. The standard InChI is InChI=1S/C14H24N2O/c1-5-14(2,3)13(16-15)10-11-8-6-7-9-12(11)17-4/h6-9,13,16H,5,10,15H2,1-4H3. The van der Waals surface area contributed by atoms with Gasteiger partial charge in [-0.15, -0.1) is 0 Å². The SMILES string of the molecule is CCC(C)(C)C(Cc1ccccc1OC)NN. The van der Waals surface area contributed by atoms with Crippen molar-refractivity contribution in [3.63, 3.8) is 0 Å². The van der Waals surface area contributed by atoms with Gasteiger partial charge in [0.25, 0.3) is 0 Å².